The normalized spacial score (nSPS) is 18.4. The quantitative estimate of drug-likeness (QED) is 0.757. The van der Waals surface area contributed by atoms with E-state index in [1.807, 2.05) is 18.2 Å². The summed E-state index contributed by atoms with van der Waals surface area (Å²) in [5.74, 6) is -1.14. The molecular formula is C19H16FNO3. The molecule has 1 fully saturated rings. The molecule has 1 saturated heterocycles. The molecule has 0 unspecified atom stereocenters. The molecule has 2 aromatic rings. The number of nitrogens with zero attached hydrogens (tertiary/aromatic N) is 1. The van der Waals surface area contributed by atoms with E-state index >= 15 is 0 Å². The molecule has 2 aliphatic rings. The lowest BCUT2D eigenvalue weighted by molar-refractivity contribution is -0.0390. The standard InChI is InChI=1S/C19H16FNO3/c20-16-8-4-2-6-14(16)17(22)21-11-9-19(10-12-21)15-7-3-1-5-13(15)18(23)24-19/h1-8H,9-12H2. The summed E-state index contributed by atoms with van der Waals surface area (Å²) in [4.78, 5) is 26.2. The summed E-state index contributed by atoms with van der Waals surface area (Å²) in [5.41, 5.74) is 0.927. The Morgan fingerprint density at radius 2 is 1.71 bits per heavy atom. The van der Waals surface area contributed by atoms with Crippen LogP contribution in [0, 0.1) is 5.82 Å². The molecule has 122 valence electrons. The average Bonchev–Trinajstić information content (AvgIpc) is 2.88. The summed E-state index contributed by atoms with van der Waals surface area (Å²) < 4.78 is 19.5. The predicted molar refractivity (Wildman–Crippen MR) is 85.1 cm³/mol. The van der Waals surface area contributed by atoms with Crippen molar-refractivity contribution >= 4 is 11.9 Å². The number of likely N-dealkylation sites (tertiary alicyclic amines) is 1. The van der Waals surface area contributed by atoms with Crippen LogP contribution in [0.5, 0.6) is 0 Å². The zero-order valence-electron chi connectivity index (χ0n) is 13.0. The zero-order valence-corrected chi connectivity index (χ0v) is 13.0. The molecule has 4 rings (SSSR count). The third-order valence-electron chi connectivity index (χ3n) is 4.89. The van der Waals surface area contributed by atoms with Gasteiger partial charge >= 0.3 is 5.97 Å². The summed E-state index contributed by atoms with van der Waals surface area (Å²) in [5, 5.41) is 0. The third-order valence-corrected chi connectivity index (χ3v) is 4.89. The van der Waals surface area contributed by atoms with E-state index in [1.54, 1.807) is 23.1 Å². The molecule has 0 aliphatic carbocycles. The highest BCUT2D eigenvalue weighted by atomic mass is 19.1. The Balaban J connectivity index is 1.55. The van der Waals surface area contributed by atoms with Crippen LogP contribution in [0.25, 0.3) is 0 Å². The van der Waals surface area contributed by atoms with Crippen molar-refractivity contribution in [3.8, 4) is 0 Å². The summed E-state index contributed by atoms with van der Waals surface area (Å²) in [6.45, 7) is 0.851. The Bertz CT molecular complexity index is 825. The molecule has 2 aromatic carbocycles. The van der Waals surface area contributed by atoms with Gasteiger partial charge in [-0.05, 0) is 18.2 Å². The number of fused-ring (bicyclic) bond motifs is 2. The lowest BCUT2D eigenvalue weighted by Gasteiger charge is -2.38. The molecule has 2 heterocycles. The monoisotopic (exact) mass is 325 g/mol. The summed E-state index contributed by atoms with van der Waals surface area (Å²) in [6, 6.07) is 13.4. The van der Waals surface area contributed by atoms with E-state index in [0.717, 1.165) is 5.56 Å². The lowest BCUT2D eigenvalue weighted by atomic mass is 9.83. The van der Waals surface area contributed by atoms with Crippen molar-refractivity contribution in [2.75, 3.05) is 13.1 Å². The van der Waals surface area contributed by atoms with E-state index in [-0.39, 0.29) is 17.4 Å². The number of halogens is 1. The topological polar surface area (TPSA) is 46.6 Å². The number of esters is 1. The third kappa shape index (κ3) is 2.19. The maximum absolute atomic E-state index is 13.8. The first kappa shape index (κ1) is 14.9. The molecular weight excluding hydrogens is 309 g/mol. The van der Waals surface area contributed by atoms with Gasteiger partial charge in [0.25, 0.3) is 5.91 Å². The van der Waals surface area contributed by atoms with Crippen LogP contribution in [-0.2, 0) is 10.3 Å². The predicted octanol–water partition coefficient (Wildman–Crippen LogP) is 3.13. The number of hydrogen-bond donors (Lipinski definition) is 0. The van der Waals surface area contributed by atoms with Gasteiger partial charge in [-0.15, -0.1) is 0 Å². The van der Waals surface area contributed by atoms with Crippen LogP contribution >= 0.6 is 0 Å². The maximum atomic E-state index is 13.8. The number of benzene rings is 2. The highest BCUT2D eigenvalue weighted by Crippen LogP contribution is 2.44. The number of amides is 1. The van der Waals surface area contributed by atoms with E-state index in [4.69, 9.17) is 4.74 Å². The summed E-state index contributed by atoms with van der Waals surface area (Å²) in [6.07, 6.45) is 1.05. The molecule has 1 spiro atoms. The van der Waals surface area contributed by atoms with E-state index in [2.05, 4.69) is 0 Å². The fraction of sp³-hybridized carbons (Fsp3) is 0.263. The largest absolute Gasteiger partial charge is 0.450 e. The van der Waals surface area contributed by atoms with Gasteiger partial charge in [0.15, 0.2) is 0 Å². The second-order valence-corrected chi connectivity index (χ2v) is 6.20. The van der Waals surface area contributed by atoms with Crippen molar-refractivity contribution in [3.05, 3.63) is 71.0 Å². The van der Waals surface area contributed by atoms with Gasteiger partial charge in [0, 0.05) is 31.5 Å². The lowest BCUT2D eigenvalue weighted by Crippen LogP contribution is -2.45. The SMILES string of the molecule is O=C1OC2(CCN(C(=O)c3ccccc3F)CC2)c2ccccc21. The first-order valence-corrected chi connectivity index (χ1v) is 7.97. The number of rotatable bonds is 1. The Hall–Kier alpha value is -2.69. The van der Waals surface area contributed by atoms with Crippen molar-refractivity contribution in [3.63, 3.8) is 0 Å². The molecule has 2 aliphatic heterocycles. The molecule has 0 aromatic heterocycles. The minimum atomic E-state index is -0.653. The molecule has 0 saturated carbocycles. The van der Waals surface area contributed by atoms with Crippen molar-refractivity contribution in [1.29, 1.82) is 0 Å². The molecule has 1 amide bonds. The van der Waals surface area contributed by atoms with Gasteiger partial charge in [-0.1, -0.05) is 30.3 Å². The van der Waals surface area contributed by atoms with E-state index in [9.17, 15) is 14.0 Å². The number of carbonyl (C=O) groups excluding carboxylic acids is 2. The second-order valence-electron chi connectivity index (χ2n) is 6.20. The molecule has 0 radical (unpaired) electrons. The number of ether oxygens (including phenoxy) is 1. The fourth-order valence-corrected chi connectivity index (χ4v) is 3.59. The first-order valence-electron chi connectivity index (χ1n) is 7.97. The smallest absolute Gasteiger partial charge is 0.339 e. The van der Waals surface area contributed by atoms with Gasteiger partial charge in [0.2, 0.25) is 0 Å². The molecule has 0 N–H and O–H groups in total. The minimum Gasteiger partial charge on any atom is -0.450 e. The highest BCUT2D eigenvalue weighted by molar-refractivity contribution is 5.96. The van der Waals surface area contributed by atoms with E-state index in [0.29, 0.717) is 31.5 Å². The van der Waals surface area contributed by atoms with Crippen molar-refractivity contribution in [2.24, 2.45) is 0 Å². The molecule has 24 heavy (non-hydrogen) atoms. The van der Waals surface area contributed by atoms with Gasteiger partial charge < -0.3 is 9.64 Å². The Morgan fingerprint density at radius 1 is 1.04 bits per heavy atom. The van der Waals surface area contributed by atoms with Crippen molar-refractivity contribution in [1.82, 2.24) is 4.90 Å². The summed E-state index contributed by atoms with van der Waals surface area (Å²) >= 11 is 0. The maximum Gasteiger partial charge on any atom is 0.339 e. The number of hydrogen-bond acceptors (Lipinski definition) is 3. The molecule has 0 atom stereocenters. The highest BCUT2D eigenvalue weighted by Gasteiger charge is 2.47. The van der Waals surface area contributed by atoms with Crippen LogP contribution in [0.3, 0.4) is 0 Å². The van der Waals surface area contributed by atoms with Crippen molar-refractivity contribution < 1.29 is 18.7 Å². The van der Waals surface area contributed by atoms with Crippen molar-refractivity contribution in [2.45, 2.75) is 18.4 Å². The van der Waals surface area contributed by atoms with Gasteiger partial charge in [0.1, 0.15) is 11.4 Å². The Labute approximate surface area is 138 Å². The number of carbonyl (C=O) groups is 2. The summed E-state index contributed by atoms with van der Waals surface area (Å²) in [7, 11) is 0. The van der Waals surface area contributed by atoms with Crippen LogP contribution in [-0.4, -0.2) is 29.9 Å². The van der Waals surface area contributed by atoms with Crippen LogP contribution in [0.2, 0.25) is 0 Å². The second kappa shape index (κ2) is 5.44. The Morgan fingerprint density at radius 3 is 2.46 bits per heavy atom. The van der Waals surface area contributed by atoms with Gasteiger partial charge in [-0.25, -0.2) is 9.18 Å². The van der Waals surface area contributed by atoms with Gasteiger partial charge in [-0.3, -0.25) is 4.79 Å². The van der Waals surface area contributed by atoms with Crippen LogP contribution in [0.1, 0.15) is 39.1 Å². The van der Waals surface area contributed by atoms with Gasteiger partial charge in [-0.2, -0.15) is 0 Å². The average molecular weight is 325 g/mol. The number of piperidine rings is 1. The minimum absolute atomic E-state index is 0.0808. The van der Waals surface area contributed by atoms with Crippen LogP contribution < -0.4 is 0 Å². The molecule has 4 nitrogen and oxygen atoms in total. The Kier molecular flexibility index (Phi) is 3.37. The first-order chi connectivity index (χ1) is 11.6. The molecule has 5 heteroatoms. The van der Waals surface area contributed by atoms with E-state index < -0.39 is 11.4 Å². The zero-order chi connectivity index (χ0) is 16.7. The fourth-order valence-electron chi connectivity index (χ4n) is 3.59. The van der Waals surface area contributed by atoms with Gasteiger partial charge in [0.05, 0.1) is 11.1 Å². The molecule has 0 bridgehead atoms. The van der Waals surface area contributed by atoms with E-state index in [1.165, 1.54) is 12.1 Å². The van der Waals surface area contributed by atoms with Crippen LogP contribution in [0.4, 0.5) is 4.39 Å². The van der Waals surface area contributed by atoms with Crippen LogP contribution in [0.15, 0.2) is 48.5 Å².